The number of hydrogen-bond acceptors (Lipinski definition) is 1. The second kappa shape index (κ2) is 3.63. The van der Waals surface area contributed by atoms with Crippen molar-refractivity contribution in [1.82, 2.24) is 9.38 Å². The first-order chi connectivity index (χ1) is 6.97. The average molecular weight is 267 g/mol. The largest absolute Gasteiger partial charge is 0.294 e. The van der Waals surface area contributed by atoms with Gasteiger partial charge in [-0.1, -0.05) is 26.8 Å². The number of pyridine rings is 1. The van der Waals surface area contributed by atoms with Crippen LogP contribution in [0.15, 0.2) is 29.0 Å². The van der Waals surface area contributed by atoms with Gasteiger partial charge in [-0.05, 0) is 39.9 Å². The fraction of sp³-hybridized carbons (Fsp3) is 0.417. The Morgan fingerprint density at radius 3 is 2.67 bits per heavy atom. The first kappa shape index (κ1) is 10.7. The van der Waals surface area contributed by atoms with Gasteiger partial charge in [-0.3, -0.25) is 4.40 Å². The summed E-state index contributed by atoms with van der Waals surface area (Å²) < 4.78 is 3.15. The highest BCUT2D eigenvalue weighted by Gasteiger charge is 2.17. The minimum absolute atomic E-state index is 0.264. The van der Waals surface area contributed by atoms with E-state index in [9.17, 15) is 0 Å². The van der Waals surface area contributed by atoms with Crippen molar-refractivity contribution in [2.45, 2.75) is 27.2 Å². The maximum absolute atomic E-state index is 4.61. The molecule has 0 fully saturated rings. The van der Waals surface area contributed by atoms with Gasteiger partial charge in [0.25, 0.3) is 0 Å². The molecule has 2 aromatic rings. The van der Waals surface area contributed by atoms with Crippen molar-refractivity contribution in [3.63, 3.8) is 0 Å². The Balaban J connectivity index is 2.49. The highest BCUT2D eigenvalue weighted by molar-refractivity contribution is 9.10. The number of rotatable bonds is 1. The van der Waals surface area contributed by atoms with Gasteiger partial charge in [0.1, 0.15) is 10.3 Å². The Bertz CT molecular complexity index is 480. The lowest BCUT2D eigenvalue weighted by atomic mass is 9.91. The third-order valence-corrected chi connectivity index (χ3v) is 3.08. The molecule has 3 heteroatoms. The second-order valence-corrected chi connectivity index (χ2v) is 5.77. The molecule has 2 nitrogen and oxygen atoms in total. The summed E-state index contributed by atoms with van der Waals surface area (Å²) in [7, 11) is 0. The number of hydrogen-bond donors (Lipinski definition) is 0. The Kier molecular flexibility index (Phi) is 2.59. The predicted molar refractivity (Wildman–Crippen MR) is 66.1 cm³/mol. The molecule has 0 aromatic carbocycles. The normalized spacial score (nSPS) is 12.3. The van der Waals surface area contributed by atoms with Crippen LogP contribution in [0.5, 0.6) is 0 Å². The summed E-state index contributed by atoms with van der Waals surface area (Å²) in [4.78, 5) is 4.61. The van der Waals surface area contributed by atoms with Crippen LogP contribution in [0.4, 0.5) is 0 Å². The molecule has 0 aliphatic rings. The Morgan fingerprint density at radius 2 is 2.07 bits per heavy atom. The zero-order valence-electron chi connectivity index (χ0n) is 9.29. The monoisotopic (exact) mass is 266 g/mol. The van der Waals surface area contributed by atoms with Gasteiger partial charge in [0, 0.05) is 6.20 Å². The van der Waals surface area contributed by atoms with E-state index in [1.54, 1.807) is 0 Å². The van der Waals surface area contributed by atoms with Crippen molar-refractivity contribution in [2.24, 2.45) is 5.41 Å². The van der Waals surface area contributed by atoms with Crippen LogP contribution in [0.3, 0.4) is 0 Å². The molecule has 2 rings (SSSR count). The standard InChI is InChI=1S/C12H15BrN2/c1-12(2,3)8-9-11(13)15-7-5-4-6-10(15)14-9/h4-7H,8H2,1-3H3. The minimum atomic E-state index is 0.264. The first-order valence-corrected chi connectivity index (χ1v) is 5.88. The molecule has 0 spiro atoms. The SMILES string of the molecule is CC(C)(C)Cc1nc2ccccn2c1Br. The third kappa shape index (κ3) is 2.23. The quantitative estimate of drug-likeness (QED) is 0.770. The van der Waals surface area contributed by atoms with Crippen LogP contribution in [-0.4, -0.2) is 9.38 Å². The number of fused-ring (bicyclic) bond motifs is 1. The van der Waals surface area contributed by atoms with E-state index in [1.807, 2.05) is 24.4 Å². The molecule has 0 N–H and O–H groups in total. The Morgan fingerprint density at radius 1 is 1.33 bits per heavy atom. The summed E-state index contributed by atoms with van der Waals surface area (Å²) in [5, 5.41) is 0. The van der Waals surface area contributed by atoms with E-state index < -0.39 is 0 Å². The summed E-state index contributed by atoms with van der Waals surface area (Å²) in [6.45, 7) is 6.68. The van der Waals surface area contributed by atoms with Gasteiger partial charge < -0.3 is 0 Å². The number of aromatic nitrogens is 2. The second-order valence-electron chi connectivity index (χ2n) is 5.02. The van der Waals surface area contributed by atoms with Crippen molar-refractivity contribution < 1.29 is 0 Å². The molecule has 2 heterocycles. The zero-order chi connectivity index (χ0) is 11.1. The molecule has 0 unspecified atom stereocenters. The molecule has 2 aromatic heterocycles. The van der Waals surface area contributed by atoms with Crippen molar-refractivity contribution in [3.8, 4) is 0 Å². The zero-order valence-corrected chi connectivity index (χ0v) is 10.9. The number of nitrogens with zero attached hydrogens (tertiary/aromatic N) is 2. The fourth-order valence-electron chi connectivity index (χ4n) is 1.63. The van der Waals surface area contributed by atoms with E-state index in [0.29, 0.717) is 0 Å². The van der Waals surface area contributed by atoms with Gasteiger partial charge in [0.2, 0.25) is 0 Å². The summed E-state index contributed by atoms with van der Waals surface area (Å²) in [5.74, 6) is 0. The van der Waals surface area contributed by atoms with Gasteiger partial charge in [0.15, 0.2) is 0 Å². The van der Waals surface area contributed by atoms with Gasteiger partial charge in [-0.25, -0.2) is 4.98 Å². The van der Waals surface area contributed by atoms with E-state index in [2.05, 4.69) is 46.1 Å². The van der Waals surface area contributed by atoms with Crippen molar-refractivity contribution in [1.29, 1.82) is 0 Å². The van der Waals surface area contributed by atoms with Crippen LogP contribution in [0.25, 0.3) is 5.65 Å². The molecule has 15 heavy (non-hydrogen) atoms. The number of imidazole rings is 1. The summed E-state index contributed by atoms with van der Waals surface area (Å²) in [6.07, 6.45) is 3.01. The molecular weight excluding hydrogens is 252 g/mol. The van der Waals surface area contributed by atoms with Crippen molar-refractivity contribution in [2.75, 3.05) is 0 Å². The molecule has 0 amide bonds. The molecule has 0 radical (unpaired) electrons. The van der Waals surface area contributed by atoms with E-state index in [-0.39, 0.29) is 5.41 Å². The molecule has 0 aliphatic carbocycles. The molecule has 0 bridgehead atoms. The van der Waals surface area contributed by atoms with E-state index in [4.69, 9.17) is 0 Å². The topological polar surface area (TPSA) is 17.3 Å². The summed E-state index contributed by atoms with van der Waals surface area (Å²) in [5.41, 5.74) is 2.40. The summed E-state index contributed by atoms with van der Waals surface area (Å²) >= 11 is 3.60. The number of halogens is 1. The molecule has 0 saturated carbocycles. The molecule has 80 valence electrons. The van der Waals surface area contributed by atoms with Crippen molar-refractivity contribution in [3.05, 3.63) is 34.7 Å². The van der Waals surface area contributed by atoms with E-state index in [0.717, 1.165) is 22.4 Å². The molecule has 0 atom stereocenters. The maximum atomic E-state index is 4.61. The van der Waals surface area contributed by atoms with Crippen LogP contribution < -0.4 is 0 Å². The first-order valence-electron chi connectivity index (χ1n) is 5.09. The molecule has 0 saturated heterocycles. The highest BCUT2D eigenvalue weighted by Crippen LogP contribution is 2.26. The minimum Gasteiger partial charge on any atom is -0.294 e. The van der Waals surface area contributed by atoms with Crippen LogP contribution >= 0.6 is 15.9 Å². The van der Waals surface area contributed by atoms with Crippen LogP contribution in [0.2, 0.25) is 0 Å². The van der Waals surface area contributed by atoms with E-state index >= 15 is 0 Å². The van der Waals surface area contributed by atoms with Crippen LogP contribution in [0, 0.1) is 5.41 Å². The smallest absolute Gasteiger partial charge is 0.137 e. The van der Waals surface area contributed by atoms with Gasteiger partial charge in [-0.2, -0.15) is 0 Å². The lowest BCUT2D eigenvalue weighted by molar-refractivity contribution is 0.406. The summed E-state index contributed by atoms with van der Waals surface area (Å²) in [6, 6.07) is 6.05. The lowest BCUT2D eigenvalue weighted by Crippen LogP contribution is -2.09. The Labute approximate surface area is 98.5 Å². The molecular formula is C12H15BrN2. The van der Waals surface area contributed by atoms with Crippen LogP contribution in [0.1, 0.15) is 26.5 Å². The average Bonchev–Trinajstić information content (AvgIpc) is 2.42. The fourth-order valence-corrected chi connectivity index (χ4v) is 2.16. The third-order valence-electron chi connectivity index (χ3n) is 2.24. The van der Waals surface area contributed by atoms with E-state index in [1.165, 1.54) is 0 Å². The van der Waals surface area contributed by atoms with Crippen molar-refractivity contribution >= 4 is 21.6 Å². The molecule has 0 aliphatic heterocycles. The predicted octanol–water partition coefficient (Wildman–Crippen LogP) is 3.69. The maximum Gasteiger partial charge on any atom is 0.137 e. The van der Waals surface area contributed by atoms with Crippen LogP contribution in [-0.2, 0) is 6.42 Å². The highest BCUT2D eigenvalue weighted by atomic mass is 79.9. The van der Waals surface area contributed by atoms with Gasteiger partial charge >= 0.3 is 0 Å². The van der Waals surface area contributed by atoms with Gasteiger partial charge in [-0.15, -0.1) is 0 Å². The Hall–Kier alpha value is -0.830. The van der Waals surface area contributed by atoms with Gasteiger partial charge in [0.05, 0.1) is 5.69 Å². The lowest BCUT2D eigenvalue weighted by Gasteiger charge is -2.16.